The van der Waals surface area contributed by atoms with Crippen LogP contribution in [0.2, 0.25) is 0 Å². The van der Waals surface area contributed by atoms with E-state index < -0.39 is 0 Å². The predicted molar refractivity (Wildman–Crippen MR) is 35.9 cm³/mol. The summed E-state index contributed by atoms with van der Waals surface area (Å²) in [6.07, 6.45) is 0. The van der Waals surface area contributed by atoms with Crippen LogP contribution in [0.1, 0.15) is 5.56 Å². The summed E-state index contributed by atoms with van der Waals surface area (Å²) in [5.41, 5.74) is 2.20. The van der Waals surface area contributed by atoms with E-state index in [4.69, 9.17) is 10.6 Å². The molecule has 2 radical (unpaired) electrons. The van der Waals surface area contributed by atoms with Crippen LogP contribution in [-0.4, -0.2) is 11.0 Å². The third-order valence-corrected chi connectivity index (χ3v) is 1.03. The van der Waals surface area contributed by atoms with Crippen molar-refractivity contribution >= 4 is 5.84 Å². The Morgan fingerprint density at radius 1 is 1.60 bits per heavy atom. The van der Waals surface area contributed by atoms with Gasteiger partial charge in [-0.25, -0.2) is 0 Å². The van der Waals surface area contributed by atoms with Gasteiger partial charge in [0.05, 0.1) is 0 Å². The second-order valence-corrected chi connectivity index (χ2v) is 1.69. The lowest BCUT2D eigenvalue weighted by atomic mass is 10.2. The van der Waals surface area contributed by atoms with Crippen LogP contribution >= 0.6 is 0 Å². The van der Waals surface area contributed by atoms with Gasteiger partial charge in [-0.3, -0.25) is 16.1 Å². The van der Waals surface area contributed by atoms with Crippen molar-refractivity contribution in [2.24, 2.45) is 0 Å². The molecule has 0 fully saturated rings. The van der Waals surface area contributed by atoms with Gasteiger partial charge in [0.15, 0.2) is 0 Å². The van der Waals surface area contributed by atoms with E-state index in [-0.39, 0.29) is 5.84 Å². The monoisotopic (exact) mass is 134 g/mol. The van der Waals surface area contributed by atoms with Crippen LogP contribution in [0.4, 0.5) is 0 Å². The summed E-state index contributed by atoms with van der Waals surface area (Å²) < 4.78 is 0. The van der Waals surface area contributed by atoms with Crippen molar-refractivity contribution in [3.8, 4) is 0 Å². The predicted octanol–water partition coefficient (Wildman–Crippen LogP) is 0.591. The highest BCUT2D eigenvalue weighted by Gasteiger charge is 1.95. The van der Waals surface area contributed by atoms with E-state index in [1.54, 1.807) is 23.7 Å². The van der Waals surface area contributed by atoms with Crippen LogP contribution in [0, 0.1) is 17.5 Å². The van der Waals surface area contributed by atoms with Gasteiger partial charge in [0.2, 0.25) is 0 Å². The Balaban J connectivity index is 2.85. The van der Waals surface area contributed by atoms with Gasteiger partial charge < -0.3 is 0 Å². The van der Waals surface area contributed by atoms with Gasteiger partial charge >= 0.3 is 0 Å². The molecule has 0 bridgehead atoms. The van der Waals surface area contributed by atoms with E-state index in [0.717, 1.165) is 0 Å². The smallest absolute Gasteiger partial charge is 0.150 e. The van der Waals surface area contributed by atoms with Crippen LogP contribution in [-0.2, 0) is 0 Å². The summed E-state index contributed by atoms with van der Waals surface area (Å²) in [6, 6.07) is 10.4. The molecule has 1 aromatic carbocycles. The molecule has 0 aromatic heterocycles. The van der Waals surface area contributed by atoms with Crippen LogP contribution in [0.3, 0.4) is 0 Å². The number of nitrogens with one attached hydrogen (secondary N) is 2. The second kappa shape index (κ2) is 2.98. The lowest BCUT2D eigenvalue weighted by Gasteiger charge is -1.97. The third-order valence-electron chi connectivity index (χ3n) is 1.03. The molecule has 0 aliphatic carbocycles. The molecule has 0 aliphatic heterocycles. The molecule has 10 heavy (non-hydrogen) atoms. The van der Waals surface area contributed by atoms with E-state index in [1.807, 2.05) is 0 Å². The lowest BCUT2D eigenvalue weighted by Crippen LogP contribution is -2.18. The van der Waals surface area contributed by atoms with Crippen molar-refractivity contribution in [2.45, 2.75) is 0 Å². The van der Waals surface area contributed by atoms with Gasteiger partial charge in [-0.05, 0) is 18.2 Å². The Morgan fingerprint density at radius 2 is 2.40 bits per heavy atom. The molecule has 1 rings (SSSR count). The number of hydroxylamine groups is 1. The van der Waals surface area contributed by atoms with Crippen molar-refractivity contribution < 1.29 is 5.21 Å². The summed E-state index contributed by atoms with van der Waals surface area (Å²) >= 11 is 0. The zero-order valence-corrected chi connectivity index (χ0v) is 5.18. The standard InChI is InChI=1S/C7H6N2O/c8-7(9-10)6-4-2-1-3-5-6/h1-2,5,10H,(H2,8,9). The van der Waals surface area contributed by atoms with Crippen LogP contribution in [0.25, 0.3) is 0 Å². The molecule has 3 heteroatoms. The molecule has 1 aromatic rings. The van der Waals surface area contributed by atoms with E-state index in [1.165, 1.54) is 0 Å². The maximum Gasteiger partial charge on any atom is 0.150 e. The van der Waals surface area contributed by atoms with Gasteiger partial charge in [-0.2, -0.15) is 0 Å². The number of rotatable bonds is 1. The average Bonchev–Trinajstić information content (AvgIpc) is 2.05. The first-order chi connectivity index (χ1) is 4.84. The molecule has 3 nitrogen and oxygen atoms in total. The Morgan fingerprint density at radius 3 is 2.90 bits per heavy atom. The van der Waals surface area contributed by atoms with Crippen molar-refractivity contribution in [3.05, 3.63) is 35.9 Å². The molecule has 0 aliphatic rings. The molecular weight excluding hydrogens is 128 g/mol. The Labute approximate surface area is 58.8 Å². The summed E-state index contributed by atoms with van der Waals surface area (Å²) in [5.74, 6) is -0.0724. The van der Waals surface area contributed by atoms with Gasteiger partial charge in [0.1, 0.15) is 5.84 Å². The van der Waals surface area contributed by atoms with E-state index >= 15 is 0 Å². The van der Waals surface area contributed by atoms with Gasteiger partial charge in [0.25, 0.3) is 0 Å². The van der Waals surface area contributed by atoms with E-state index in [0.29, 0.717) is 5.56 Å². The van der Waals surface area contributed by atoms with Crippen LogP contribution < -0.4 is 5.48 Å². The fourth-order valence-corrected chi connectivity index (χ4v) is 0.557. The third kappa shape index (κ3) is 1.33. The molecule has 0 atom stereocenters. The molecule has 0 spiro atoms. The number of benzene rings is 1. The quantitative estimate of drug-likeness (QED) is 0.299. The minimum atomic E-state index is -0.0724. The van der Waals surface area contributed by atoms with Crippen molar-refractivity contribution in [3.63, 3.8) is 0 Å². The molecule has 3 N–H and O–H groups in total. The molecule has 0 amide bonds. The summed E-state index contributed by atoms with van der Waals surface area (Å²) in [4.78, 5) is 0. The zero-order valence-electron chi connectivity index (χ0n) is 5.18. The highest BCUT2D eigenvalue weighted by Crippen LogP contribution is 1.94. The Bertz CT molecular complexity index is 220. The molecule has 0 saturated carbocycles. The topological polar surface area (TPSA) is 56.1 Å². The number of amidine groups is 1. The molecule has 0 saturated heterocycles. The first kappa shape index (κ1) is 6.77. The SMILES string of the molecule is N=C(NO)c1[c]cc[c]c1. The number of hydrogen-bond donors (Lipinski definition) is 3. The number of hydrogen-bond acceptors (Lipinski definition) is 2. The van der Waals surface area contributed by atoms with Crippen molar-refractivity contribution in [1.29, 1.82) is 5.41 Å². The largest absolute Gasteiger partial charge is 0.290 e. The Hall–Kier alpha value is -1.35. The first-order valence-corrected chi connectivity index (χ1v) is 2.71. The molecule has 50 valence electrons. The molecule has 0 heterocycles. The lowest BCUT2D eigenvalue weighted by molar-refractivity contribution is 0.234. The normalized spacial score (nSPS) is 8.90. The maximum atomic E-state index is 8.28. The van der Waals surface area contributed by atoms with Gasteiger partial charge in [-0.1, -0.05) is 12.1 Å². The highest BCUT2D eigenvalue weighted by atomic mass is 16.5. The van der Waals surface area contributed by atoms with Crippen molar-refractivity contribution in [1.82, 2.24) is 5.48 Å². The summed E-state index contributed by atoms with van der Waals surface area (Å²) in [5, 5.41) is 15.3. The molecular formula is C7H6N2O. The summed E-state index contributed by atoms with van der Waals surface area (Å²) in [6.45, 7) is 0. The summed E-state index contributed by atoms with van der Waals surface area (Å²) in [7, 11) is 0. The zero-order chi connectivity index (χ0) is 7.40. The maximum absolute atomic E-state index is 8.28. The van der Waals surface area contributed by atoms with Crippen LogP contribution in [0.15, 0.2) is 18.2 Å². The van der Waals surface area contributed by atoms with Gasteiger partial charge in [-0.15, -0.1) is 0 Å². The second-order valence-electron chi connectivity index (χ2n) is 1.69. The average molecular weight is 134 g/mol. The van der Waals surface area contributed by atoms with E-state index in [9.17, 15) is 0 Å². The van der Waals surface area contributed by atoms with Crippen molar-refractivity contribution in [2.75, 3.05) is 0 Å². The minimum absolute atomic E-state index is 0.0724. The fraction of sp³-hybridized carbons (Fsp3) is 0. The van der Waals surface area contributed by atoms with Crippen LogP contribution in [0.5, 0.6) is 0 Å². The first-order valence-electron chi connectivity index (χ1n) is 2.71. The van der Waals surface area contributed by atoms with E-state index in [2.05, 4.69) is 12.1 Å². The Kier molecular flexibility index (Phi) is 2.02. The molecule has 0 unspecified atom stereocenters. The minimum Gasteiger partial charge on any atom is -0.290 e. The van der Waals surface area contributed by atoms with Gasteiger partial charge in [0, 0.05) is 5.56 Å². The highest BCUT2D eigenvalue weighted by molar-refractivity contribution is 5.95. The fourth-order valence-electron chi connectivity index (χ4n) is 0.557.